The summed E-state index contributed by atoms with van der Waals surface area (Å²) in [6, 6.07) is 18.7. The molecule has 31 heavy (non-hydrogen) atoms. The van der Waals surface area contributed by atoms with Crippen molar-refractivity contribution in [3.05, 3.63) is 71.3 Å². The van der Waals surface area contributed by atoms with E-state index in [4.69, 9.17) is 4.74 Å². The summed E-state index contributed by atoms with van der Waals surface area (Å²) in [5.74, 6) is 0. The van der Waals surface area contributed by atoms with E-state index in [-0.39, 0.29) is 11.4 Å². The van der Waals surface area contributed by atoms with Crippen molar-refractivity contribution in [2.24, 2.45) is 0 Å². The lowest BCUT2D eigenvalue weighted by Crippen LogP contribution is -2.42. The van der Waals surface area contributed by atoms with Crippen LogP contribution in [0.2, 0.25) is 0 Å². The van der Waals surface area contributed by atoms with Crippen LogP contribution in [-0.2, 0) is 23.2 Å². The van der Waals surface area contributed by atoms with Gasteiger partial charge < -0.3 is 15.0 Å². The molecule has 1 aliphatic heterocycles. The first-order valence-electron chi connectivity index (χ1n) is 11.4. The van der Waals surface area contributed by atoms with Gasteiger partial charge in [-0.3, -0.25) is 4.90 Å². The molecule has 0 spiro atoms. The Bertz CT molecular complexity index is 794. The smallest absolute Gasteiger partial charge is 0.317 e. The van der Waals surface area contributed by atoms with Gasteiger partial charge in [0.05, 0.1) is 13.2 Å². The summed E-state index contributed by atoms with van der Waals surface area (Å²) in [7, 11) is 0. The summed E-state index contributed by atoms with van der Waals surface area (Å²) in [5, 5.41) is 3.10. The van der Waals surface area contributed by atoms with E-state index in [1.807, 2.05) is 35.2 Å². The van der Waals surface area contributed by atoms with Crippen LogP contribution >= 0.6 is 0 Å². The van der Waals surface area contributed by atoms with E-state index in [9.17, 15) is 4.79 Å². The lowest BCUT2D eigenvalue weighted by molar-refractivity contribution is 0.0364. The average molecular weight is 424 g/mol. The van der Waals surface area contributed by atoms with Crippen molar-refractivity contribution < 1.29 is 9.53 Å². The minimum absolute atomic E-state index is 0.00858. The van der Waals surface area contributed by atoms with Crippen molar-refractivity contribution in [3.63, 3.8) is 0 Å². The largest absolute Gasteiger partial charge is 0.379 e. The molecular weight excluding hydrogens is 386 g/mol. The molecule has 0 bridgehead atoms. The van der Waals surface area contributed by atoms with Gasteiger partial charge in [0, 0.05) is 39.3 Å². The van der Waals surface area contributed by atoms with Crippen molar-refractivity contribution in [3.8, 4) is 0 Å². The number of amides is 2. The molecular formula is C26H37N3O2. The normalized spacial score (nSPS) is 14.9. The van der Waals surface area contributed by atoms with Gasteiger partial charge in [-0.2, -0.15) is 0 Å². The molecule has 0 atom stereocenters. The van der Waals surface area contributed by atoms with Gasteiger partial charge in [0.15, 0.2) is 0 Å². The highest BCUT2D eigenvalue weighted by Gasteiger charge is 2.17. The van der Waals surface area contributed by atoms with Gasteiger partial charge in [0.25, 0.3) is 0 Å². The first-order chi connectivity index (χ1) is 14.9. The van der Waals surface area contributed by atoms with Gasteiger partial charge in [-0.15, -0.1) is 0 Å². The SMILES string of the molecule is CC(C)(C)c1ccc(CN(CCCN2CCOCC2)C(=O)NCc2ccccc2)cc1. The number of nitrogens with zero attached hydrogens (tertiary/aromatic N) is 2. The molecule has 0 aliphatic carbocycles. The van der Waals surface area contributed by atoms with Gasteiger partial charge in [0.1, 0.15) is 0 Å². The van der Waals surface area contributed by atoms with E-state index in [1.54, 1.807) is 0 Å². The predicted octanol–water partition coefficient (Wildman–Crippen LogP) is 4.42. The van der Waals surface area contributed by atoms with Crippen molar-refractivity contribution in [2.75, 3.05) is 39.4 Å². The Morgan fingerprint density at radius 3 is 2.32 bits per heavy atom. The quantitative estimate of drug-likeness (QED) is 0.684. The number of urea groups is 1. The number of carbonyl (C=O) groups is 1. The zero-order chi connectivity index (χ0) is 22.1. The van der Waals surface area contributed by atoms with Crippen LogP contribution in [0.3, 0.4) is 0 Å². The molecule has 2 aromatic rings. The number of hydrogen-bond acceptors (Lipinski definition) is 3. The highest BCUT2D eigenvalue weighted by Crippen LogP contribution is 2.22. The van der Waals surface area contributed by atoms with Crippen LogP contribution in [0.25, 0.3) is 0 Å². The topological polar surface area (TPSA) is 44.8 Å². The Kier molecular flexibility index (Phi) is 8.50. The average Bonchev–Trinajstić information content (AvgIpc) is 2.78. The summed E-state index contributed by atoms with van der Waals surface area (Å²) >= 11 is 0. The van der Waals surface area contributed by atoms with Crippen molar-refractivity contribution in [1.82, 2.24) is 15.1 Å². The van der Waals surface area contributed by atoms with Crippen LogP contribution in [-0.4, -0.2) is 55.2 Å². The molecule has 1 aliphatic rings. The van der Waals surface area contributed by atoms with Crippen LogP contribution in [0.1, 0.15) is 43.9 Å². The molecule has 0 radical (unpaired) electrons. The monoisotopic (exact) mass is 423 g/mol. The summed E-state index contributed by atoms with van der Waals surface area (Å²) in [6.07, 6.45) is 0.957. The van der Waals surface area contributed by atoms with Crippen molar-refractivity contribution in [2.45, 2.75) is 45.7 Å². The second kappa shape index (κ2) is 11.3. The highest BCUT2D eigenvalue weighted by atomic mass is 16.5. The lowest BCUT2D eigenvalue weighted by atomic mass is 9.87. The zero-order valence-electron chi connectivity index (χ0n) is 19.3. The maximum atomic E-state index is 13.0. The Labute approximate surface area is 187 Å². The first-order valence-corrected chi connectivity index (χ1v) is 11.4. The number of hydrogen-bond donors (Lipinski definition) is 1. The van der Waals surface area contributed by atoms with E-state index in [1.165, 1.54) is 5.56 Å². The van der Waals surface area contributed by atoms with Crippen molar-refractivity contribution >= 4 is 6.03 Å². The Morgan fingerprint density at radius 1 is 1.00 bits per heavy atom. The zero-order valence-corrected chi connectivity index (χ0v) is 19.3. The molecule has 3 rings (SSSR count). The van der Waals surface area contributed by atoms with E-state index in [2.05, 4.69) is 55.3 Å². The molecule has 2 aromatic carbocycles. The van der Waals surface area contributed by atoms with Gasteiger partial charge >= 0.3 is 6.03 Å². The van der Waals surface area contributed by atoms with Gasteiger partial charge in [-0.25, -0.2) is 4.79 Å². The van der Waals surface area contributed by atoms with Crippen LogP contribution in [0.5, 0.6) is 0 Å². The second-order valence-corrected chi connectivity index (χ2v) is 9.32. The van der Waals surface area contributed by atoms with Crippen LogP contribution in [0.4, 0.5) is 4.79 Å². The first kappa shape index (κ1) is 23.3. The molecule has 2 amide bonds. The number of morpholine rings is 1. The standard InChI is InChI=1S/C26H37N3O2/c1-26(2,3)24-12-10-23(11-13-24)21-29(15-7-14-28-16-18-31-19-17-28)25(30)27-20-22-8-5-4-6-9-22/h4-6,8-13H,7,14-21H2,1-3H3,(H,27,30). The minimum Gasteiger partial charge on any atom is -0.379 e. The van der Waals surface area contributed by atoms with Gasteiger partial charge in [0.2, 0.25) is 0 Å². The number of benzene rings is 2. The van der Waals surface area contributed by atoms with E-state index >= 15 is 0 Å². The van der Waals surface area contributed by atoms with E-state index in [0.717, 1.165) is 56.9 Å². The van der Waals surface area contributed by atoms with Crippen LogP contribution in [0, 0.1) is 0 Å². The lowest BCUT2D eigenvalue weighted by Gasteiger charge is -2.28. The Hall–Kier alpha value is -2.37. The molecule has 0 aromatic heterocycles. The third-order valence-corrected chi connectivity index (χ3v) is 5.77. The third kappa shape index (κ3) is 7.67. The molecule has 168 valence electrons. The van der Waals surface area contributed by atoms with E-state index in [0.29, 0.717) is 13.1 Å². The van der Waals surface area contributed by atoms with Crippen LogP contribution in [0.15, 0.2) is 54.6 Å². The molecule has 0 unspecified atom stereocenters. The summed E-state index contributed by atoms with van der Waals surface area (Å²) in [4.78, 5) is 17.4. The molecule has 1 heterocycles. The highest BCUT2D eigenvalue weighted by molar-refractivity contribution is 5.74. The molecule has 5 heteroatoms. The maximum Gasteiger partial charge on any atom is 0.317 e. The third-order valence-electron chi connectivity index (χ3n) is 5.77. The van der Waals surface area contributed by atoms with Gasteiger partial charge in [-0.1, -0.05) is 75.4 Å². The number of carbonyl (C=O) groups excluding carboxylic acids is 1. The molecule has 5 nitrogen and oxygen atoms in total. The fourth-order valence-electron chi connectivity index (χ4n) is 3.78. The molecule has 1 saturated heterocycles. The maximum absolute atomic E-state index is 13.0. The summed E-state index contributed by atoms with van der Waals surface area (Å²) in [5.41, 5.74) is 3.71. The number of nitrogens with one attached hydrogen (secondary N) is 1. The molecule has 1 fully saturated rings. The Morgan fingerprint density at radius 2 is 1.68 bits per heavy atom. The fraction of sp³-hybridized carbons (Fsp3) is 0.500. The second-order valence-electron chi connectivity index (χ2n) is 9.32. The number of ether oxygens (including phenoxy) is 1. The summed E-state index contributed by atoms with van der Waals surface area (Å²) in [6.45, 7) is 13.1. The van der Waals surface area contributed by atoms with Gasteiger partial charge in [-0.05, 0) is 28.5 Å². The number of rotatable bonds is 8. The summed E-state index contributed by atoms with van der Waals surface area (Å²) < 4.78 is 5.44. The molecule has 0 saturated carbocycles. The molecule has 1 N–H and O–H groups in total. The minimum atomic E-state index is -0.00858. The van der Waals surface area contributed by atoms with E-state index < -0.39 is 0 Å². The fourth-order valence-corrected chi connectivity index (χ4v) is 3.78. The van der Waals surface area contributed by atoms with Crippen LogP contribution < -0.4 is 5.32 Å². The van der Waals surface area contributed by atoms with Crippen molar-refractivity contribution in [1.29, 1.82) is 0 Å². The predicted molar refractivity (Wildman–Crippen MR) is 126 cm³/mol. The Balaban J connectivity index is 1.60.